The lowest BCUT2D eigenvalue weighted by Crippen LogP contribution is -2.27. The molecule has 0 aromatic carbocycles. The average Bonchev–Trinajstić information content (AvgIpc) is 2.74. The highest BCUT2D eigenvalue weighted by Gasteiger charge is 2.25. The van der Waals surface area contributed by atoms with Crippen LogP contribution in [0.3, 0.4) is 0 Å². The van der Waals surface area contributed by atoms with Gasteiger partial charge >= 0.3 is 12.1 Å². The number of unbranched alkanes of at least 4 members (excludes halogenated alkanes) is 1. The molecular weight excluding hydrogens is 277 g/mol. The van der Waals surface area contributed by atoms with Gasteiger partial charge in [-0.25, -0.2) is 0 Å². The van der Waals surface area contributed by atoms with Crippen LogP contribution in [0.5, 0.6) is 0 Å². The second kappa shape index (κ2) is 6.97. The third kappa shape index (κ3) is 5.77. The number of carboxylic acid groups (broad SMARTS) is 1. The minimum absolute atomic E-state index is 0.0556. The number of nitrogens with zero attached hydrogens (tertiary/aromatic N) is 1. The number of carbonyl (C=O) groups excluding carboxylic acids is 1. The summed E-state index contributed by atoms with van der Waals surface area (Å²) in [6.45, 7) is -0.225. The van der Waals surface area contributed by atoms with Crippen molar-refractivity contribution < 1.29 is 27.9 Å². The summed E-state index contributed by atoms with van der Waals surface area (Å²) in [5.41, 5.74) is 0.170. The molecule has 1 aromatic heterocycles. The van der Waals surface area contributed by atoms with E-state index in [0.29, 0.717) is 0 Å². The average molecular weight is 292 g/mol. The number of halogens is 3. The molecule has 1 rings (SSSR count). The maximum absolute atomic E-state index is 11.9. The Morgan fingerprint density at radius 1 is 1.30 bits per heavy atom. The van der Waals surface area contributed by atoms with Gasteiger partial charge in [-0.2, -0.15) is 13.2 Å². The molecule has 0 aliphatic heterocycles. The van der Waals surface area contributed by atoms with Crippen molar-refractivity contribution in [2.45, 2.75) is 32.0 Å². The normalized spacial score (nSPS) is 11.3. The molecule has 112 valence electrons. The fourth-order valence-corrected chi connectivity index (χ4v) is 1.65. The highest BCUT2D eigenvalue weighted by Crippen LogP contribution is 2.21. The second-order valence-electron chi connectivity index (χ2n) is 4.24. The molecule has 0 fully saturated rings. The van der Waals surface area contributed by atoms with Gasteiger partial charge in [0.05, 0.1) is 0 Å². The molecular formula is C12H15F3N2O3. The zero-order chi connectivity index (χ0) is 15.2. The second-order valence-corrected chi connectivity index (χ2v) is 4.24. The van der Waals surface area contributed by atoms with Gasteiger partial charge in [-0.3, -0.25) is 9.59 Å². The van der Waals surface area contributed by atoms with Crippen LogP contribution in [0.1, 0.15) is 29.8 Å². The number of alkyl halides is 3. The monoisotopic (exact) mass is 292 g/mol. The number of amides is 1. The van der Waals surface area contributed by atoms with Crippen molar-refractivity contribution in [2.24, 2.45) is 0 Å². The predicted molar refractivity (Wildman–Crippen MR) is 64.3 cm³/mol. The van der Waals surface area contributed by atoms with E-state index in [0.717, 1.165) is 0 Å². The number of nitrogens with one attached hydrogen (secondary N) is 1. The van der Waals surface area contributed by atoms with Gasteiger partial charge in [0, 0.05) is 19.2 Å². The van der Waals surface area contributed by atoms with E-state index in [-0.39, 0.29) is 31.6 Å². The summed E-state index contributed by atoms with van der Waals surface area (Å²) in [6.07, 6.45) is -3.45. The van der Waals surface area contributed by atoms with Crippen LogP contribution >= 0.6 is 0 Å². The van der Waals surface area contributed by atoms with E-state index in [1.54, 1.807) is 0 Å². The largest absolute Gasteiger partial charge is 0.480 e. The van der Waals surface area contributed by atoms with Gasteiger partial charge in [-0.05, 0) is 25.0 Å². The smallest absolute Gasteiger partial charge is 0.389 e. The summed E-state index contributed by atoms with van der Waals surface area (Å²) in [5.74, 6) is -1.58. The van der Waals surface area contributed by atoms with Crippen LogP contribution in [-0.4, -0.2) is 34.3 Å². The standard InChI is InChI=1S/C12H15F3N2O3/c13-12(14,15)5-1-2-6-16-11(20)9-4-3-7-17(9)8-10(18)19/h3-4,7H,1-2,5-6,8H2,(H,16,20)(H,18,19). The summed E-state index contributed by atoms with van der Waals surface area (Å²) < 4.78 is 36.9. The number of rotatable bonds is 7. The topological polar surface area (TPSA) is 71.3 Å². The summed E-state index contributed by atoms with van der Waals surface area (Å²) in [7, 11) is 0. The minimum Gasteiger partial charge on any atom is -0.480 e. The van der Waals surface area contributed by atoms with Crippen molar-refractivity contribution in [2.75, 3.05) is 6.54 Å². The Kier molecular flexibility index (Phi) is 5.60. The van der Waals surface area contributed by atoms with E-state index in [2.05, 4.69) is 5.32 Å². The SMILES string of the molecule is O=C(O)Cn1cccc1C(=O)NCCCCC(F)(F)F. The van der Waals surface area contributed by atoms with Crippen LogP contribution < -0.4 is 5.32 Å². The summed E-state index contributed by atoms with van der Waals surface area (Å²) in [6, 6.07) is 2.98. The van der Waals surface area contributed by atoms with Crippen molar-refractivity contribution in [3.63, 3.8) is 0 Å². The van der Waals surface area contributed by atoms with Gasteiger partial charge in [0.25, 0.3) is 5.91 Å². The Bertz CT molecular complexity index is 469. The molecule has 5 nitrogen and oxygen atoms in total. The van der Waals surface area contributed by atoms with E-state index in [1.807, 2.05) is 0 Å². The third-order valence-electron chi connectivity index (χ3n) is 2.54. The molecule has 2 N–H and O–H groups in total. The quantitative estimate of drug-likeness (QED) is 0.755. The molecule has 1 heterocycles. The van der Waals surface area contributed by atoms with Crippen LogP contribution in [0.2, 0.25) is 0 Å². The molecule has 20 heavy (non-hydrogen) atoms. The van der Waals surface area contributed by atoms with Crippen molar-refractivity contribution in [3.05, 3.63) is 24.0 Å². The predicted octanol–water partition coefficient (Wildman–Crippen LogP) is 2.04. The van der Waals surface area contributed by atoms with E-state index >= 15 is 0 Å². The first kappa shape index (κ1) is 16.1. The first-order valence-corrected chi connectivity index (χ1v) is 6.01. The highest BCUT2D eigenvalue weighted by atomic mass is 19.4. The van der Waals surface area contributed by atoms with Crippen molar-refractivity contribution in [1.82, 2.24) is 9.88 Å². The molecule has 0 bridgehead atoms. The Balaban J connectivity index is 2.36. The molecule has 0 radical (unpaired) electrons. The Morgan fingerprint density at radius 3 is 2.60 bits per heavy atom. The van der Waals surface area contributed by atoms with E-state index in [1.165, 1.54) is 22.9 Å². The molecule has 0 saturated heterocycles. The van der Waals surface area contributed by atoms with E-state index in [9.17, 15) is 22.8 Å². The van der Waals surface area contributed by atoms with Gasteiger partial charge in [-0.15, -0.1) is 0 Å². The highest BCUT2D eigenvalue weighted by molar-refractivity contribution is 5.93. The van der Waals surface area contributed by atoms with Gasteiger partial charge in [0.2, 0.25) is 0 Å². The summed E-state index contributed by atoms with van der Waals surface area (Å²) in [4.78, 5) is 22.3. The first-order valence-electron chi connectivity index (χ1n) is 6.01. The van der Waals surface area contributed by atoms with Gasteiger partial charge in [0.15, 0.2) is 0 Å². The van der Waals surface area contributed by atoms with Crippen LogP contribution in [-0.2, 0) is 11.3 Å². The number of aromatic nitrogens is 1. The zero-order valence-corrected chi connectivity index (χ0v) is 10.6. The van der Waals surface area contributed by atoms with Crippen LogP contribution in [0, 0.1) is 0 Å². The lowest BCUT2D eigenvalue weighted by Gasteiger charge is -2.08. The first-order chi connectivity index (χ1) is 9.29. The molecule has 1 amide bonds. The summed E-state index contributed by atoms with van der Waals surface area (Å²) in [5, 5.41) is 11.1. The number of carbonyl (C=O) groups is 2. The van der Waals surface area contributed by atoms with Crippen LogP contribution in [0.4, 0.5) is 13.2 Å². The van der Waals surface area contributed by atoms with Crippen molar-refractivity contribution >= 4 is 11.9 Å². The summed E-state index contributed by atoms with van der Waals surface area (Å²) >= 11 is 0. The molecule has 0 unspecified atom stereocenters. The lowest BCUT2D eigenvalue weighted by molar-refractivity contribution is -0.138. The fraction of sp³-hybridized carbons (Fsp3) is 0.500. The van der Waals surface area contributed by atoms with Crippen molar-refractivity contribution in [1.29, 1.82) is 0 Å². The van der Waals surface area contributed by atoms with Crippen molar-refractivity contribution in [3.8, 4) is 0 Å². The zero-order valence-electron chi connectivity index (χ0n) is 10.6. The molecule has 0 aliphatic rings. The van der Waals surface area contributed by atoms with Gasteiger partial charge in [-0.1, -0.05) is 0 Å². The molecule has 8 heteroatoms. The lowest BCUT2D eigenvalue weighted by atomic mass is 10.2. The number of hydrogen-bond donors (Lipinski definition) is 2. The minimum atomic E-state index is -4.18. The molecule has 0 aliphatic carbocycles. The maximum Gasteiger partial charge on any atom is 0.389 e. The van der Waals surface area contributed by atoms with E-state index < -0.39 is 24.5 Å². The molecule has 0 saturated carbocycles. The maximum atomic E-state index is 11.9. The number of hydrogen-bond acceptors (Lipinski definition) is 2. The van der Waals surface area contributed by atoms with E-state index in [4.69, 9.17) is 5.11 Å². The Labute approximate surface area is 113 Å². The van der Waals surface area contributed by atoms with Crippen LogP contribution in [0.25, 0.3) is 0 Å². The van der Waals surface area contributed by atoms with Crippen LogP contribution in [0.15, 0.2) is 18.3 Å². The fourth-order valence-electron chi connectivity index (χ4n) is 1.65. The third-order valence-corrected chi connectivity index (χ3v) is 2.54. The Morgan fingerprint density at radius 2 is 2.00 bits per heavy atom. The molecule has 0 spiro atoms. The molecule has 1 aromatic rings. The number of carboxylic acids is 1. The Hall–Kier alpha value is -1.99. The van der Waals surface area contributed by atoms with Gasteiger partial charge < -0.3 is 15.0 Å². The molecule has 0 atom stereocenters. The number of aliphatic carboxylic acids is 1. The van der Waals surface area contributed by atoms with Gasteiger partial charge in [0.1, 0.15) is 12.2 Å².